The Morgan fingerprint density at radius 3 is 2.33 bits per heavy atom. The van der Waals surface area contributed by atoms with Gasteiger partial charge in [0.25, 0.3) is 5.91 Å². The summed E-state index contributed by atoms with van der Waals surface area (Å²) in [5.41, 5.74) is 0.411. The molecule has 1 aromatic carbocycles. The molecule has 2 unspecified atom stereocenters. The zero-order valence-electron chi connectivity index (χ0n) is 26.1. The highest BCUT2D eigenvalue weighted by atomic mass is 35.5. The number of piperidine rings is 1. The van der Waals surface area contributed by atoms with Gasteiger partial charge in [-0.2, -0.15) is 0 Å². The largest absolute Gasteiger partial charge is 0.447 e. The van der Waals surface area contributed by atoms with Crippen LogP contribution in [0.2, 0.25) is 0 Å². The van der Waals surface area contributed by atoms with Gasteiger partial charge >= 0.3 is 6.03 Å². The molecular weight excluding hydrogens is 566 g/mol. The van der Waals surface area contributed by atoms with Crippen molar-refractivity contribution in [2.45, 2.75) is 103 Å². The average Bonchev–Trinajstić information content (AvgIpc) is 3.68. The number of carbonyl (C=O) groups excluding carboxylic acids is 3. The summed E-state index contributed by atoms with van der Waals surface area (Å²) in [6, 6.07) is 10.7. The molecule has 0 aliphatic carbocycles. The first-order valence-electron chi connectivity index (χ1n) is 15.6. The van der Waals surface area contributed by atoms with Gasteiger partial charge in [-0.1, -0.05) is 51.1 Å². The smallest absolute Gasteiger partial charge is 0.328 e. The van der Waals surface area contributed by atoms with Crippen LogP contribution in [-0.4, -0.2) is 85.7 Å². The molecule has 43 heavy (non-hydrogen) atoms. The molecule has 5 heterocycles. The van der Waals surface area contributed by atoms with Crippen LogP contribution in [0.15, 0.2) is 47.2 Å². The highest BCUT2D eigenvalue weighted by molar-refractivity contribution is 6.07. The van der Waals surface area contributed by atoms with Crippen LogP contribution >= 0.6 is 12.4 Å². The SMILES string of the molecule is CC(C)N1C(=O)N(Cc2ncco2)C(=O)C12CC1CCC(C2)N1C[C@H]1CN(C(=O)CC(C)(C)C)C[C@@H]1c1ccccc1.Cl. The van der Waals surface area contributed by atoms with E-state index in [-0.39, 0.29) is 66.3 Å². The summed E-state index contributed by atoms with van der Waals surface area (Å²) in [5, 5.41) is 0. The molecule has 2 bridgehead atoms. The molecule has 234 valence electrons. The van der Waals surface area contributed by atoms with Crippen molar-refractivity contribution in [3.8, 4) is 0 Å². The number of oxazole rings is 1. The highest BCUT2D eigenvalue weighted by Crippen LogP contribution is 2.49. The van der Waals surface area contributed by atoms with E-state index in [1.54, 1.807) is 6.20 Å². The minimum Gasteiger partial charge on any atom is -0.447 e. The van der Waals surface area contributed by atoms with Crippen molar-refractivity contribution in [3.63, 3.8) is 0 Å². The van der Waals surface area contributed by atoms with Gasteiger partial charge < -0.3 is 14.2 Å². The maximum absolute atomic E-state index is 14.1. The number of hydrogen-bond acceptors (Lipinski definition) is 6. The van der Waals surface area contributed by atoms with Crippen molar-refractivity contribution >= 4 is 30.3 Å². The molecular formula is C33H46ClN5O4. The number of amides is 4. The lowest BCUT2D eigenvalue weighted by Crippen LogP contribution is -2.62. The third kappa shape index (κ3) is 5.82. The summed E-state index contributed by atoms with van der Waals surface area (Å²) in [5.74, 6) is 1.09. The van der Waals surface area contributed by atoms with Gasteiger partial charge in [0, 0.05) is 50.1 Å². The lowest BCUT2D eigenvalue weighted by Gasteiger charge is -2.48. The molecule has 1 spiro atoms. The first kappa shape index (κ1) is 31.5. The molecule has 4 atom stereocenters. The molecule has 4 amide bonds. The summed E-state index contributed by atoms with van der Waals surface area (Å²) in [4.78, 5) is 53.1. The summed E-state index contributed by atoms with van der Waals surface area (Å²) in [6.45, 7) is 12.8. The second kappa shape index (κ2) is 11.9. The minimum atomic E-state index is -0.830. The van der Waals surface area contributed by atoms with Crippen molar-refractivity contribution in [3.05, 3.63) is 54.2 Å². The van der Waals surface area contributed by atoms with Crippen LogP contribution < -0.4 is 0 Å². The van der Waals surface area contributed by atoms with Crippen molar-refractivity contribution in [1.82, 2.24) is 24.6 Å². The van der Waals surface area contributed by atoms with E-state index in [1.165, 1.54) is 16.7 Å². The fourth-order valence-electron chi connectivity index (χ4n) is 8.23. The van der Waals surface area contributed by atoms with E-state index in [1.807, 2.05) is 24.8 Å². The molecule has 0 saturated carbocycles. The van der Waals surface area contributed by atoms with E-state index >= 15 is 0 Å². The minimum absolute atomic E-state index is 0. The van der Waals surface area contributed by atoms with Gasteiger partial charge in [-0.05, 0) is 56.4 Å². The van der Waals surface area contributed by atoms with E-state index in [0.29, 0.717) is 31.1 Å². The summed E-state index contributed by atoms with van der Waals surface area (Å²) < 4.78 is 5.40. The number of hydrogen-bond donors (Lipinski definition) is 0. The van der Waals surface area contributed by atoms with E-state index < -0.39 is 5.54 Å². The van der Waals surface area contributed by atoms with Crippen LogP contribution in [0.3, 0.4) is 0 Å². The fourth-order valence-corrected chi connectivity index (χ4v) is 8.23. The van der Waals surface area contributed by atoms with Gasteiger partial charge in [-0.3, -0.25) is 19.4 Å². The number of benzene rings is 1. The molecule has 1 aromatic heterocycles. The zero-order valence-corrected chi connectivity index (χ0v) is 26.9. The van der Waals surface area contributed by atoms with Crippen molar-refractivity contribution in [2.24, 2.45) is 11.3 Å². The van der Waals surface area contributed by atoms with Crippen molar-refractivity contribution < 1.29 is 18.8 Å². The second-order valence-corrected chi connectivity index (χ2v) is 14.4. The lowest BCUT2D eigenvalue weighted by molar-refractivity contribution is -0.138. The molecule has 9 nitrogen and oxygen atoms in total. The maximum Gasteiger partial charge on any atom is 0.328 e. The number of imide groups is 1. The van der Waals surface area contributed by atoms with E-state index in [2.05, 4.69) is 59.8 Å². The van der Waals surface area contributed by atoms with Gasteiger partial charge in [0.2, 0.25) is 11.8 Å². The summed E-state index contributed by atoms with van der Waals surface area (Å²) in [6.07, 6.45) is 6.89. The summed E-state index contributed by atoms with van der Waals surface area (Å²) in [7, 11) is 0. The van der Waals surface area contributed by atoms with Crippen LogP contribution in [0.1, 0.15) is 84.1 Å². The Morgan fingerprint density at radius 1 is 1.07 bits per heavy atom. The molecule has 6 rings (SSSR count). The van der Waals surface area contributed by atoms with Crippen LogP contribution in [0, 0.1) is 11.3 Å². The molecule has 0 N–H and O–H groups in total. The number of urea groups is 1. The van der Waals surface area contributed by atoms with Crippen LogP contribution in [0.5, 0.6) is 0 Å². The third-order valence-corrected chi connectivity index (χ3v) is 9.90. The Kier molecular flexibility index (Phi) is 8.71. The Bertz CT molecular complexity index is 1300. The number of halogens is 1. The monoisotopic (exact) mass is 611 g/mol. The lowest BCUT2D eigenvalue weighted by atomic mass is 9.79. The van der Waals surface area contributed by atoms with E-state index in [9.17, 15) is 14.4 Å². The molecule has 10 heteroatoms. The first-order chi connectivity index (χ1) is 20.0. The predicted molar refractivity (Wildman–Crippen MR) is 165 cm³/mol. The Labute approximate surface area is 261 Å². The normalized spacial score (nSPS) is 29.3. The summed E-state index contributed by atoms with van der Waals surface area (Å²) >= 11 is 0. The third-order valence-electron chi connectivity index (χ3n) is 9.90. The highest BCUT2D eigenvalue weighted by Gasteiger charge is 2.63. The second-order valence-electron chi connectivity index (χ2n) is 14.4. The van der Waals surface area contributed by atoms with Gasteiger partial charge in [0.05, 0.1) is 6.20 Å². The Balaban J connectivity index is 0.00000368. The topological polar surface area (TPSA) is 90.2 Å². The zero-order chi connectivity index (χ0) is 29.8. The number of aromatic nitrogens is 1. The molecule has 4 saturated heterocycles. The number of carbonyl (C=O) groups is 3. The number of rotatable bonds is 7. The van der Waals surface area contributed by atoms with Gasteiger partial charge in [-0.25, -0.2) is 9.78 Å². The van der Waals surface area contributed by atoms with Crippen LogP contribution in [-0.2, 0) is 16.1 Å². The quantitative estimate of drug-likeness (QED) is 0.394. The predicted octanol–water partition coefficient (Wildman–Crippen LogP) is 5.31. The maximum atomic E-state index is 14.1. The fraction of sp³-hybridized carbons (Fsp3) is 0.636. The van der Waals surface area contributed by atoms with E-state index in [4.69, 9.17) is 4.42 Å². The molecule has 2 aromatic rings. The molecule has 0 radical (unpaired) electrons. The van der Waals surface area contributed by atoms with Gasteiger partial charge in [0.1, 0.15) is 18.3 Å². The van der Waals surface area contributed by atoms with Crippen molar-refractivity contribution in [1.29, 1.82) is 0 Å². The number of fused-ring (bicyclic) bond motifs is 2. The van der Waals surface area contributed by atoms with E-state index in [0.717, 1.165) is 32.5 Å². The standard InChI is InChI=1S/C33H45N5O4.ClH/c1-22(2)38-31(41)37(21-28-34-13-14-42-28)30(40)33(38)15-25-11-12-26(16-33)36(25)19-24-18-35(29(39)17-32(3,4)5)20-27(24)23-9-7-6-8-10-23;/h6-10,13-14,22,24-27H,11-12,15-21H2,1-5H3;1H/t24-,25?,26?,27-,33?;/m1./s1. The molecule has 4 fully saturated rings. The molecule has 4 aliphatic heterocycles. The van der Waals surface area contributed by atoms with Gasteiger partial charge in [-0.15, -0.1) is 12.4 Å². The first-order valence-corrected chi connectivity index (χ1v) is 15.6. The van der Waals surface area contributed by atoms with Crippen molar-refractivity contribution in [2.75, 3.05) is 19.6 Å². The number of nitrogens with zero attached hydrogens (tertiary/aromatic N) is 5. The average molecular weight is 612 g/mol. The van der Waals surface area contributed by atoms with Crippen LogP contribution in [0.4, 0.5) is 4.79 Å². The Hall–Kier alpha value is -2.91. The van der Waals surface area contributed by atoms with Gasteiger partial charge in [0.15, 0.2) is 0 Å². The van der Waals surface area contributed by atoms with Crippen LogP contribution in [0.25, 0.3) is 0 Å². The Morgan fingerprint density at radius 2 is 1.74 bits per heavy atom. The molecule has 4 aliphatic rings. The number of likely N-dealkylation sites (tertiary alicyclic amines) is 1.